The molecule has 6 heteroatoms. The van der Waals surface area contributed by atoms with Gasteiger partial charge in [-0.15, -0.1) is 0 Å². The molecule has 1 rings (SSSR count). The number of rotatable bonds is 6. The molecule has 18 heavy (non-hydrogen) atoms. The fraction of sp³-hybridized carbons (Fsp3) is 1.00. The highest BCUT2D eigenvalue weighted by Crippen LogP contribution is 2.34. The molecule has 1 aliphatic rings. The number of hydrogen-bond donors (Lipinski definition) is 5. The molecule has 1 fully saturated rings. The zero-order chi connectivity index (χ0) is 13.9. The molecule has 1 aliphatic carbocycles. The Kier molecular flexibility index (Phi) is 5.51. The lowest BCUT2D eigenvalue weighted by Crippen LogP contribution is -2.54. The lowest BCUT2D eigenvalue weighted by atomic mass is 9.97. The van der Waals surface area contributed by atoms with E-state index >= 15 is 0 Å². The fourth-order valence-electron chi connectivity index (χ4n) is 2.48. The second-order valence-electron chi connectivity index (χ2n) is 5.04. The highest BCUT2D eigenvalue weighted by atomic mass is 16.5. The van der Waals surface area contributed by atoms with E-state index in [4.69, 9.17) is 10.5 Å². The van der Waals surface area contributed by atoms with Gasteiger partial charge in [-0.2, -0.15) is 0 Å². The van der Waals surface area contributed by atoms with Crippen molar-refractivity contribution < 1.29 is 25.2 Å². The van der Waals surface area contributed by atoms with E-state index in [2.05, 4.69) is 0 Å². The molecule has 0 amide bonds. The molecule has 0 aromatic rings. The summed E-state index contributed by atoms with van der Waals surface area (Å²) in [6.45, 7) is 3.26. The Hall–Kier alpha value is -0.240. The van der Waals surface area contributed by atoms with Crippen molar-refractivity contribution in [2.45, 2.75) is 69.2 Å². The van der Waals surface area contributed by atoms with Crippen molar-refractivity contribution in [3.63, 3.8) is 0 Å². The average Bonchev–Trinajstić information content (AvgIpc) is 2.53. The van der Waals surface area contributed by atoms with E-state index in [9.17, 15) is 20.4 Å². The first kappa shape index (κ1) is 15.8. The van der Waals surface area contributed by atoms with Crippen LogP contribution >= 0.6 is 0 Å². The van der Waals surface area contributed by atoms with Gasteiger partial charge in [0.25, 0.3) is 0 Å². The summed E-state index contributed by atoms with van der Waals surface area (Å²) in [6, 6.07) is -0.914. The van der Waals surface area contributed by atoms with Crippen molar-refractivity contribution in [2.75, 3.05) is 6.61 Å². The van der Waals surface area contributed by atoms with Gasteiger partial charge in [-0.05, 0) is 12.8 Å². The third-order valence-electron chi connectivity index (χ3n) is 3.73. The number of aliphatic hydroxyl groups excluding tert-OH is 3. The zero-order valence-electron chi connectivity index (χ0n) is 11.0. The van der Waals surface area contributed by atoms with Crippen LogP contribution in [0.3, 0.4) is 0 Å². The largest absolute Gasteiger partial charge is 0.393 e. The van der Waals surface area contributed by atoms with Gasteiger partial charge in [0, 0.05) is 0 Å². The maximum atomic E-state index is 10.2. The van der Waals surface area contributed by atoms with Crippen molar-refractivity contribution in [1.82, 2.24) is 0 Å². The Morgan fingerprint density at radius 2 is 1.94 bits per heavy atom. The highest BCUT2D eigenvalue weighted by molar-refractivity contribution is 5.12. The molecular formula is C12H25NO5. The Balaban J connectivity index is 2.83. The Labute approximate surface area is 107 Å². The van der Waals surface area contributed by atoms with Crippen LogP contribution < -0.4 is 5.73 Å². The Morgan fingerprint density at radius 1 is 1.33 bits per heavy atom. The van der Waals surface area contributed by atoms with Crippen molar-refractivity contribution in [3.8, 4) is 0 Å². The number of hydrogen-bond acceptors (Lipinski definition) is 6. The van der Waals surface area contributed by atoms with Crippen molar-refractivity contribution in [2.24, 2.45) is 5.73 Å². The van der Waals surface area contributed by atoms with Crippen LogP contribution in [-0.2, 0) is 4.74 Å². The minimum atomic E-state index is -1.90. The summed E-state index contributed by atoms with van der Waals surface area (Å²) in [5.74, 6) is 0. The van der Waals surface area contributed by atoms with E-state index < -0.39 is 36.6 Å². The van der Waals surface area contributed by atoms with Crippen molar-refractivity contribution in [3.05, 3.63) is 0 Å². The molecular weight excluding hydrogens is 238 g/mol. The minimum Gasteiger partial charge on any atom is -0.393 e. The molecule has 0 saturated heterocycles. The maximum absolute atomic E-state index is 10.2. The smallest absolute Gasteiger partial charge is 0.144 e. The van der Waals surface area contributed by atoms with Crippen LogP contribution in [0.5, 0.6) is 0 Å². The minimum absolute atomic E-state index is 0.110. The topological polar surface area (TPSA) is 116 Å². The molecule has 0 aromatic carbocycles. The average molecular weight is 263 g/mol. The van der Waals surface area contributed by atoms with Gasteiger partial charge in [-0.25, -0.2) is 0 Å². The van der Waals surface area contributed by atoms with Crippen molar-refractivity contribution in [1.29, 1.82) is 0 Å². The summed E-state index contributed by atoms with van der Waals surface area (Å²) in [5, 5.41) is 38.9. The van der Waals surface area contributed by atoms with Gasteiger partial charge in [0.15, 0.2) is 0 Å². The van der Waals surface area contributed by atoms with Crippen LogP contribution in [0, 0.1) is 0 Å². The van der Waals surface area contributed by atoms with Crippen LogP contribution in [0.2, 0.25) is 0 Å². The second kappa shape index (κ2) is 6.27. The molecule has 0 spiro atoms. The summed E-state index contributed by atoms with van der Waals surface area (Å²) in [6.07, 6.45) is -1.42. The summed E-state index contributed by atoms with van der Waals surface area (Å²) in [7, 11) is 0. The summed E-state index contributed by atoms with van der Waals surface area (Å²) < 4.78 is 5.71. The van der Waals surface area contributed by atoms with Crippen molar-refractivity contribution >= 4 is 0 Å². The highest BCUT2D eigenvalue weighted by Gasteiger charge is 2.59. The second-order valence-corrected chi connectivity index (χ2v) is 5.04. The normalized spacial score (nSPS) is 42.2. The third kappa shape index (κ3) is 2.68. The lowest BCUT2D eigenvalue weighted by Gasteiger charge is -2.34. The van der Waals surface area contributed by atoms with E-state index in [1.165, 1.54) is 0 Å². The first-order chi connectivity index (χ1) is 8.42. The molecule has 0 bridgehead atoms. The van der Waals surface area contributed by atoms with Gasteiger partial charge < -0.3 is 30.9 Å². The molecule has 108 valence electrons. The quantitative estimate of drug-likeness (QED) is 0.408. The van der Waals surface area contributed by atoms with E-state index in [0.29, 0.717) is 0 Å². The Morgan fingerprint density at radius 3 is 2.39 bits per heavy atom. The molecule has 6 atom stereocenters. The number of ether oxygens (including phenoxy) is 1. The van der Waals surface area contributed by atoms with Crippen LogP contribution in [0.15, 0.2) is 0 Å². The molecule has 0 radical (unpaired) electrons. The van der Waals surface area contributed by atoms with E-state index in [-0.39, 0.29) is 6.10 Å². The number of nitrogens with two attached hydrogens (primary N) is 1. The lowest BCUT2D eigenvalue weighted by molar-refractivity contribution is -0.177. The van der Waals surface area contributed by atoms with E-state index in [1.807, 2.05) is 13.8 Å². The van der Waals surface area contributed by atoms with Crippen LogP contribution in [0.1, 0.15) is 33.1 Å². The van der Waals surface area contributed by atoms with Gasteiger partial charge >= 0.3 is 0 Å². The van der Waals surface area contributed by atoms with Crippen LogP contribution in [0.4, 0.5) is 0 Å². The summed E-state index contributed by atoms with van der Waals surface area (Å²) >= 11 is 0. The van der Waals surface area contributed by atoms with Gasteiger partial charge in [0.2, 0.25) is 0 Å². The van der Waals surface area contributed by atoms with Crippen LogP contribution in [-0.4, -0.2) is 63.1 Å². The molecule has 6 N–H and O–H groups in total. The Bertz CT molecular complexity index is 265. The van der Waals surface area contributed by atoms with Gasteiger partial charge in [0.1, 0.15) is 23.9 Å². The fourth-order valence-corrected chi connectivity index (χ4v) is 2.48. The zero-order valence-corrected chi connectivity index (χ0v) is 11.0. The van der Waals surface area contributed by atoms with Crippen LogP contribution in [0.25, 0.3) is 0 Å². The monoisotopic (exact) mass is 263 g/mol. The standard InChI is InChI=1S/C12H25NO5/c1-3-5-7(4-2)18-11-8(13)9(15)10(16)12(11,17)6-14/h7-11,14-17H,3-6,13H2,1-2H3/t7?,8-,9-,10+,11+,12-/m1/s1. The van der Waals surface area contributed by atoms with Gasteiger partial charge in [-0.3, -0.25) is 0 Å². The van der Waals surface area contributed by atoms with E-state index in [1.54, 1.807) is 0 Å². The first-order valence-electron chi connectivity index (χ1n) is 6.52. The summed E-state index contributed by atoms with van der Waals surface area (Å²) in [4.78, 5) is 0. The van der Waals surface area contributed by atoms with E-state index in [0.717, 1.165) is 19.3 Å². The third-order valence-corrected chi connectivity index (χ3v) is 3.73. The number of aliphatic hydroxyl groups is 4. The molecule has 6 nitrogen and oxygen atoms in total. The molecule has 0 aromatic heterocycles. The predicted molar refractivity (Wildman–Crippen MR) is 65.9 cm³/mol. The maximum Gasteiger partial charge on any atom is 0.144 e. The summed E-state index contributed by atoms with van der Waals surface area (Å²) in [5.41, 5.74) is 3.85. The van der Waals surface area contributed by atoms with Gasteiger partial charge in [-0.1, -0.05) is 20.3 Å². The molecule has 1 unspecified atom stereocenters. The molecule has 0 heterocycles. The van der Waals surface area contributed by atoms with Gasteiger partial charge in [0.05, 0.1) is 18.8 Å². The SMILES string of the molecule is CCCC(CC)O[C@H]1[C@H](N)[C@@H](O)[C@H](O)[C@]1(O)CO. The molecule has 1 saturated carbocycles. The first-order valence-corrected chi connectivity index (χ1v) is 6.52. The molecule has 0 aliphatic heterocycles. The predicted octanol–water partition coefficient (Wildman–Crippen LogP) is -1.26.